The van der Waals surface area contributed by atoms with Crippen molar-refractivity contribution in [1.29, 1.82) is 0 Å². The van der Waals surface area contributed by atoms with Crippen LogP contribution in [0.25, 0.3) is 5.69 Å². The number of benzene rings is 2. The molecule has 178 valence electrons. The summed E-state index contributed by atoms with van der Waals surface area (Å²) < 4.78 is 13.0. The van der Waals surface area contributed by atoms with Crippen LogP contribution in [0.15, 0.2) is 54.9 Å². The van der Waals surface area contributed by atoms with Crippen molar-refractivity contribution in [2.24, 2.45) is 5.92 Å². The summed E-state index contributed by atoms with van der Waals surface area (Å²) in [6.07, 6.45) is 8.59. The van der Waals surface area contributed by atoms with Crippen molar-refractivity contribution in [1.82, 2.24) is 14.7 Å². The van der Waals surface area contributed by atoms with Gasteiger partial charge >= 0.3 is 0 Å². The molecule has 7 nitrogen and oxygen atoms in total. The minimum absolute atomic E-state index is 0.101. The summed E-state index contributed by atoms with van der Waals surface area (Å²) in [5.41, 5.74) is 3.12. The normalized spacial score (nSPS) is 17.4. The molecule has 0 radical (unpaired) electrons. The first-order valence-electron chi connectivity index (χ1n) is 12.0. The Morgan fingerprint density at radius 3 is 2.82 bits per heavy atom. The molecule has 1 N–H and O–H groups in total. The number of fused-ring (bicyclic) bond motifs is 1. The van der Waals surface area contributed by atoms with Gasteiger partial charge in [0.25, 0.3) is 5.91 Å². The first-order chi connectivity index (χ1) is 16.6. The number of para-hydroxylation sites is 2. The Bertz CT molecular complexity index is 1150. The molecule has 0 spiro atoms. The van der Waals surface area contributed by atoms with Crippen LogP contribution in [0.2, 0.25) is 0 Å². The zero-order chi connectivity index (χ0) is 23.5. The molecule has 2 aliphatic rings. The number of nitrogens with zero attached hydrogens (tertiary/aromatic N) is 3. The average Bonchev–Trinajstić information content (AvgIpc) is 3.28. The summed E-state index contributed by atoms with van der Waals surface area (Å²) in [5, 5.41) is 15.4. The van der Waals surface area contributed by atoms with Crippen LogP contribution in [0.1, 0.15) is 59.7 Å². The quantitative estimate of drug-likeness (QED) is 0.604. The number of methoxy groups -OCH3 is 1. The van der Waals surface area contributed by atoms with Gasteiger partial charge in [-0.2, -0.15) is 5.10 Å². The fourth-order valence-electron chi connectivity index (χ4n) is 5.06. The van der Waals surface area contributed by atoms with Gasteiger partial charge in [-0.15, -0.1) is 0 Å². The van der Waals surface area contributed by atoms with Crippen molar-refractivity contribution in [2.75, 3.05) is 20.3 Å². The number of hydrogen-bond donors (Lipinski definition) is 1. The summed E-state index contributed by atoms with van der Waals surface area (Å²) in [7, 11) is 1.61. The van der Waals surface area contributed by atoms with Crippen molar-refractivity contribution in [2.45, 2.75) is 44.8 Å². The molecule has 0 unspecified atom stereocenters. The van der Waals surface area contributed by atoms with Crippen LogP contribution in [0.5, 0.6) is 11.5 Å². The number of ether oxygens (including phenoxy) is 2. The van der Waals surface area contributed by atoms with Crippen LogP contribution in [0.4, 0.5) is 0 Å². The number of amides is 1. The highest BCUT2D eigenvalue weighted by Crippen LogP contribution is 2.36. The predicted octanol–water partition coefficient (Wildman–Crippen LogP) is 4.53. The van der Waals surface area contributed by atoms with Gasteiger partial charge in [0.15, 0.2) is 0 Å². The van der Waals surface area contributed by atoms with Crippen LogP contribution in [0.3, 0.4) is 0 Å². The number of carbonyl (C=O) groups excluding carboxylic acids is 1. The summed E-state index contributed by atoms with van der Waals surface area (Å²) in [4.78, 5) is 15.1. The van der Waals surface area contributed by atoms with Gasteiger partial charge in [0.2, 0.25) is 0 Å². The third kappa shape index (κ3) is 4.53. The summed E-state index contributed by atoms with van der Waals surface area (Å²) in [6.45, 7) is 1.33. The topological polar surface area (TPSA) is 76.8 Å². The van der Waals surface area contributed by atoms with Crippen LogP contribution in [0, 0.1) is 5.92 Å². The number of hydrogen-bond acceptors (Lipinski definition) is 5. The van der Waals surface area contributed by atoms with E-state index in [2.05, 4.69) is 5.10 Å². The fourth-order valence-corrected chi connectivity index (χ4v) is 5.06. The Morgan fingerprint density at radius 2 is 2.00 bits per heavy atom. The van der Waals surface area contributed by atoms with Gasteiger partial charge in [-0.3, -0.25) is 4.79 Å². The van der Waals surface area contributed by atoms with E-state index in [0.717, 1.165) is 35.4 Å². The largest absolute Gasteiger partial charge is 0.494 e. The Labute approximate surface area is 199 Å². The molecular formula is C27H31N3O4. The van der Waals surface area contributed by atoms with E-state index in [0.29, 0.717) is 36.9 Å². The van der Waals surface area contributed by atoms with E-state index < -0.39 is 6.10 Å². The Kier molecular flexibility index (Phi) is 6.54. The SMILES string of the molecule is COc1ccccc1-n1cc(C(=O)N2CCOc3ccc([C@H](O)C4CCCCC4)cc3C2)cn1. The van der Waals surface area contributed by atoms with Crippen LogP contribution < -0.4 is 9.47 Å². The maximum absolute atomic E-state index is 13.4. The lowest BCUT2D eigenvalue weighted by molar-refractivity contribution is 0.0733. The van der Waals surface area contributed by atoms with E-state index in [-0.39, 0.29) is 5.91 Å². The zero-order valence-electron chi connectivity index (χ0n) is 19.5. The number of aliphatic hydroxyl groups is 1. The zero-order valence-corrected chi connectivity index (χ0v) is 19.5. The third-order valence-electron chi connectivity index (χ3n) is 6.95. The lowest BCUT2D eigenvalue weighted by Gasteiger charge is -2.27. The molecule has 0 bridgehead atoms. The highest BCUT2D eigenvalue weighted by molar-refractivity contribution is 5.94. The Morgan fingerprint density at radius 1 is 1.18 bits per heavy atom. The van der Waals surface area contributed by atoms with Gasteiger partial charge in [-0.05, 0) is 48.6 Å². The molecule has 2 heterocycles. The highest BCUT2D eigenvalue weighted by atomic mass is 16.5. The predicted molar refractivity (Wildman–Crippen MR) is 128 cm³/mol. The standard InChI is InChI=1S/C27H31N3O4/c1-33-25-10-6-5-9-23(25)30-18-22(16-28-30)27(32)29-13-14-34-24-12-11-20(15-21(24)17-29)26(31)19-7-3-2-4-8-19/h5-6,9-12,15-16,18-19,26,31H,2-4,7-8,13-14,17H2,1H3/t26-/m1/s1. The lowest BCUT2D eigenvalue weighted by Crippen LogP contribution is -2.32. The van der Waals surface area contributed by atoms with Crippen LogP contribution >= 0.6 is 0 Å². The van der Waals surface area contributed by atoms with E-state index in [1.54, 1.807) is 29.1 Å². The second kappa shape index (κ2) is 9.89. The fraction of sp³-hybridized carbons (Fsp3) is 0.407. The molecule has 3 aromatic rings. The molecule has 1 amide bonds. The van der Waals surface area contributed by atoms with Crippen molar-refractivity contribution >= 4 is 5.91 Å². The van der Waals surface area contributed by atoms with Gasteiger partial charge in [0.1, 0.15) is 23.8 Å². The van der Waals surface area contributed by atoms with E-state index in [9.17, 15) is 9.90 Å². The lowest BCUT2D eigenvalue weighted by atomic mass is 9.82. The molecular weight excluding hydrogens is 430 g/mol. The first kappa shape index (κ1) is 22.5. The Hall–Kier alpha value is -3.32. The molecule has 1 fully saturated rings. The molecule has 1 aromatic heterocycles. The van der Waals surface area contributed by atoms with Crippen LogP contribution in [-0.2, 0) is 6.54 Å². The van der Waals surface area contributed by atoms with E-state index >= 15 is 0 Å². The second-order valence-corrected chi connectivity index (χ2v) is 9.13. The van der Waals surface area contributed by atoms with Gasteiger partial charge in [0, 0.05) is 18.3 Å². The van der Waals surface area contributed by atoms with Crippen molar-refractivity contribution in [3.05, 3.63) is 71.5 Å². The van der Waals surface area contributed by atoms with Gasteiger partial charge in [-0.1, -0.05) is 37.5 Å². The van der Waals surface area contributed by atoms with Gasteiger partial charge < -0.3 is 19.5 Å². The molecule has 1 atom stereocenters. The summed E-state index contributed by atoms with van der Waals surface area (Å²) >= 11 is 0. The first-order valence-corrected chi connectivity index (χ1v) is 12.0. The monoisotopic (exact) mass is 461 g/mol. The van der Waals surface area contributed by atoms with Crippen LogP contribution in [-0.4, -0.2) is 46.0 Å². The van der Waals surface area contributed by atoms with E-state index in [1.807, 2.05) is 42.5 Å². The maximum atomic E-state index is 13.4. The molecule has 7 heteroatoms. The smallest absolute Gasteiger partial charge is 0.257 e. The minimum atomic E-state index is -0.475. The van der Waals surface area contributed by atoms with E-state index in [4.69, 9.17) is 9.47 Å². The van der Waals surface area contributed by atoms with E-state index in [1.165, 1.54) is 19.3 Å². The molecule has 0 saturated heterocycles. The number of carbonyl (C=O) groups is 1. The molecule has 34 heavy (non-hydrogen) atoms. The average molecular weight is 462 g/mol. The third-order valence-corrected chi connectivity index (χ3v) is 6.95. The minimum Gasteiger partial charge on any atom is -0.494 e. The second-order valence-electron chi connectivity index (χ2n) is 9.13. The summed E-state index contributed by atoms with van der Waals surface area (Å²) in [6, 6.07) is 13.5. The number of aliphatic hydroxyl groups excluding tert-OH is 1. The molecule has 5 rings (SSSR count). The Balaban J connectivity index is 1.35. The van der Waals surface area contributed by atoms with Crippen molar-refractivity contribution in [3.63, 3.8) is 0 Å². The van der Waals surface area contributed by atoms with Gasteiger partial charge in [0.05, 0.1) is 31.5 Å². The molecule has 1 aliphatic heterocycles. The number of rotatable bonds is 5. The molecule has 1 aliphatic carbocycles. The number of aromatic nitrogens is 2. The van der Waals surface area contributed by atoms with Crippen molar-refractivity contribution in [3.8, 4) is 17.2 Å². The highest BCUT2D eigenvalue weighted by Gasteiger charge is 2.26. The van der Waals surface area contributed by atoms with Crippen molar-refractivity contribution < 1.29 is 19.4 Å². The molecule has 2 aromatic carbocycles. The summed E-state index contributed by atoms with van der Waals surface area (Å²) in [5.74, 6) is 1.67. The maximum Gasteiger partial charge on any atom is 0.257 e. The molecule has 1 saturated carbocycles. The van der Waals surface area contributed by atoms with Gasteiger partial charge in [-0.25, -0.2) is 4.68 Å².